The van der Waals surface area contributed by atoms with Gasteiger partial charge in [-0.3, -0.25) is 0 Å². The van der Waals surface area contributed by atoms with Crippen molar-refractivity contribution < 1.29 is 73.7 Å². The van der Waals surface area contributed by atoms with E-state index in [1.807, 2.05) is 139 Å². The van der Waals surface area contributed by atoms with Gasteiger partial charge in [0.05, 0.1) is 39.9 Å². The van der Waals surface area contributed by atoms with Crippen LogP contribution in [0, 0.1) is 66.6 Å². The second-order valence-corrected chi connectivity index (χ2v) is 41.6. The van der Waals surface area contributed by atoms with E-state index in [-0.39, 0.29) is 92.0 Å². The van der Waals surface area contributed by atoms with Gasteiger partial charge in [-0.1, -0.05) is 218 Å². The molecule has 0 amide bonds. The van der Waals surface area contributed by atoms with Gasteiger partial charge in [0.1, 0.15) is 0 Å². The van der Waals surface area contributed by atoms with E-state index >= 15 is 0 Å². The molecule has 0 saturated heterocycles. The van der Waals surface area contributed by atoms with E-state index in [0.29, 0.717) is 62.0 Å². The summed E-state index contributed by atoms with van der Waals surface area (Å²) in [6.07, 6.45) is 13.0. The molecule has 1 atom stereocenters. The minimum absolute atomic E-state index is 0. The van der Waals surface area contributed by atoms with Gasteiger partial charge in [0.25, 0.3) is 0 Å². The second kappa shape index (κ2) is 33.6. The van der Waals surface area contributed by atoms with Crippen molar-refractivity contribution in [3.63, 3.8) is 0 Å². The van der Waals surface area contributed by atoms with Crippen molar-refractivity contribution in [1.29, 1.82) is 0 Å². The van der Waals surface area contributed by atoms with Crippen LogP contribution in [0.5, 0.6) is 0 Å². The average Bonchev–Trinajstić information content (AvgIpc) is 1.57. The first-order valence-corrected chi connectivity index (χ1v) is 43.0. The topological polar surface area (TPSA) is 104 Å². The van der Waals surface area contributed by atoms with Crippen molar-refractivity contribution in [2.45, 2.75) is 184 Å². The molecule has 12 heteroatoms. The third kappa shape index (κ3) is 19.2. The minimum Gasteiger partial charge on any atom is -0.486 e. The van der Waals surface area contributed by atoms with Crippen LogP contribution in [0.2, 0.25) is 39.3 Å². The van der Waals surface area contributed by atoms with Gasteiger partial charge in [0.15, 0.2) is 0 Å². The maximum Gasteiger partial charge on any atom is 0.216 e. The molecule has 2 bridgehead atoms. The molecule has 105 heavy (non-hydrogen) atoms. The maximum atomic E-state index is 9.09. The standard InChI is InChI=1S/C28H23N2O.C27H27N2O.2C19H26NSi.2Ir/c1-3-8-19(9-4-1)21-16-17-29-26(18-21)24-13-7-12-22-23-14-15-25(20-10-5-2-6-11-20)30-28(23)31-27(22)24;1-16-3-9-22(26-25(16)23-10-4-17(2)29-27(23)30-26)24-15-19(11-12-28-24)14-21-13-18-5-7-20(21)8-6-18;2*1-19(2,3)13-16-12-17(15-10-8-7-9-11-15)20-14-18(16)21(4,5)6;;/h2,5-7,10-12,14-19H,1,3-4,8-9H2;3-4,10-12,15,18,20-21H,5-8,13-14H2,1-2H3;2*7-10,12,14H,13H2,1-6H3;;/q4*-1;;/i2D,5D,6D,10D,11D,19D;1D3,2D3,14D2;2*13D2;;. The molecule has 8 nitrogen and oxygen atoms in total. The fourth-order valence-corrected chi connectivity index (χ4v) is 17.0. The van der Waals surface area contributed by atoms with Crippen molar-refractivity contribution in [3.8, 4) is 56.3 Å². The largest absolute Gasteiger partial charge is 0.486 e. The Labute approximate surface area is 679 Å². The third-order valence-electron chi connectivity index (χ3n) is 19.2. The molecule has 4 aliphatic carbocycles. The molecule has 5 aromatic carbocycles. The van der Waals surface area contributed by atoms with E-state index in [1.54, 1.807) is 36.7 Å². The molecule has 8 aromatic heterocycles. The Morgan fingerprint density at radius 2 is 1.15 bits per heavy atom. The van der Waals surface area contributed by atoms with E-state index in [0.717, 1.165) is 105 Å². The predicted octanol–water partition coefficient (Wildman–Crippen LogP) is 23.7. The number of aryl methyl sites for hydroxylation is 2. The molecule has 0 spiro atoms. The zero-order chi connectivity index (χ0) is 87.9. The number of nitrogens with zero attached hydrogens (tertiary/aromatic N) is 6. The summed E-state index contributed by atoms with van der Waals surface area (Å²) in [6.45, 7) is 20.2. The van der Waals surface area contributed by atoms with Crippen molar-refractivity contribution in [2.75, 3.05) is 0 Å². The molecule has 4 saturated carbocycles. The van der Waals surface area contributed by atoms with Crippen LogP contribution in [0.15, 0.2) is 191 Å². The molecule has 2 radical (unpaired) electrons. The second-order valence-electron chi connectivity index (χ2n) is 31.5. The van der Waals surface area contributed by atoms with E-state index in [2.05, 4.69) is 93.5 Å². The normalized spacial score (nSPS) is 19.6. The van der Waals surface area contributed by atoms with Crippen LogP contribution in [0.25, 0.3) is 100 Å². The van der Waals surface area contributed by atoms with Gasteiger partial charge in [-0.15, -0.1) is 108 Å². The van der Waals surface area contributed by atoms with Gasteiger partial charge >= 0.3 is 0 Å². The van der Waals surface area contributed by atoms with E-state index in [4.69, 9.17) is 33.5 Å². The molecule has 4 fully saturated rings. The minimum atomic E-state index is -2.47. The van der Waals surface area contributed by atoms with E-state index < -0.39 is 83.8 Å². The zero-order valence-electron chi connectivity index (χ0n) is 79.9. The number of hydrogen-bond donors (Lipinski definition) is 0. The fourth-order valence-electron chi connectivity index (χ4n) is 14.2. The summed E-state index contributed by atoms with van der Waals surface area (Å²) < 4.78 is 162. The summed E-state index contributed by atoms with van der Waals surface area (Å²) in [5, 5.41) is 4.43. The van der Waals surface area contributed by atoms with E-state index in [9.17, 15) is 0 Å². The van der Waals surface area contributed by atoms with Gasteiger partial charge in [-0.2, -0.15) is 0 Å². The number of furan rings is 2. The Bertz CT molecular complexity index is 5850. The molecule has 17 rings (SSSR count). The molecular formula is C93H102Ir2N6O2Si2-4. The van der Waals surface area contributed by atoms with Gasteiger partial charge in [0.2, 0.25) is 11.4 Å². The van der Waals surface area contributed by atoms with Crippen LogP contribution in [0.4, 0.5) is 0 Å². The number of aromatic nitrogens is 6. The fraction of sp³-hybridized carbons (Fsp3) is 0.355. The van der Waals surface area contributed by atoms with Crippen molar-refractivity contribution >= 4 is 70.7 Å². The molecule has 1 unspecified atom stereocenters. The van der Waals surface area contributed by atoms with E-state index in [1.165, 1.54) is 37.5 Å². The molecule has 13 aromatic rings. The first-order chi connectivity index (χ1) is 56.5. The molecule has 546 valence electrons. The first-order valence-electron chi connectivity index (χ1n) is 45.0. The molecule has 0 N–H and O–H groups in total. The van der Waals surface area contributed by atoms with Crippen molar-refractivity contribution in [3.05, 3.63) is 240 Å². The summed E-state index contributed by atoms with van der Waals surface area (Å²) in [5.74, 6) is 0.292. The zero-order valence-corrected chi connectivity index (χ0v) is 68.7. The smallest absolute Gasteiger partial charge is 0.216 e. The van der Waals surface area contributed by atoms with Gasteiger partial charge in [-0.25, -0.2) is 9.97 Å². The number of rotatable bonds is 12. The Kier molecular flexibility index (Phi) is 18.4. The van der Waals surface area contributed by atoms with Crippen LogP contribution < -0.4 is 10.4 Å². The summed E-state index contributed by atoms with van der Waals surface area (Å²) in [5.41, 5.74) is 8.76. The van der Waals surface area contributed by atoms with Crippen LogP contribution in [0.1, 0.15) is 170 Å². The van der Waals surface area contributed by atoms with Gasteiger partial charge in [0, 0.05) is 105 Å². The Hall–Kier alpha value is -7.67. The number of fused-ring (bicyclic) bond motifs is 9. The van der Waals surface area contributed by atoms with Crippen LogP contribution >= 0.6 is 0 Å². The monoisotopic (exact) mass is 1790 g/mol. The Balaban J connectivity index is 0.000000163. The maximum absolute atomic E-state index is 9.09. The van der Waals surface area contributed by atoms with Crippen molar-refractivity contribution in [2.24, 2.45) is 28.6 Å². The van der Waals surface area contributed by atoms with Crippen LogP contribution in [-0.4, -0.2) is 46.1 Å². The van der Waals surface area contributed by atoms with Crippen LogP contribution in [0.3, 0.4) is 0 Å². The SMILES string of the molecule is [2H]C([2H])([2H])c1ccc2c(n1)oc1c(-c3cc(C([2H])([2H])C4CC5CCC4CC5)ccn3)[c-]cc(C([2H])([2H])[2H])c12.[2H]C([2H])(c1cc(-c2[c-]cccc2)ncc1[Si](C)(C)C)C(C)(C)C.[2H]C([2H])(c1cc(-c2[c-]cccc2)ncc1[Si](C)(C)C)C(C)(C)C.[2H]c1c([2H])c([2H])c(-c2ccc3c(n2)oc2c(-c4cc(C5([2H])CCCCC5)ccn4)[c-]ccc23)c([2H])c1[2H].[Ir].[Ir]. The molecule has 4 aliphatic rings. The Morgan fingerprint density at radius 3 is 1.73 bits per heavy atom. The summed E-state index contributed by atoms with van der Waals surface area (Å²) in [7, 11) is -3.41. The number of pyridine rings is 6. The quantitative estimate of drug-likeness (QED) is 0.0880. The average molecular weight is 1790 g/mol. The van der Waals surface area contributed by atoms with Crippen LogP contribution in [-0.2, 0) is 59.3 Å². The molecular weight excluding hydrogens is 1670 g/mol. The van der Waals surface area contributed by atoms with Gasteiger partial charge < -0.3 is 28.8 Å². The third-order valence-corrected chi connectivity index (χ3v) is 23.2. The Morgan fingerprint density at radius 1 is 0.552 bits per heavy atom. The summed E-state index contributed by atoms with van der Waals surface area (Å²) >= 11 is 0. The first kappa shape index (κ1) is 57.5. The summed E-state index contributed by atoms with van der Waals surface area (Å²) in [4.78, 5) is 27.0. The number of benzene rings is 5. The van der Waals surface area contributed by atoms with Gasteiger partial charge in [-0.05, 0) is 162 Å². The number of hydrogen-bond acceptors (Lipinski definition) is 8. The summed E-state index contributed by atoms with van der Waals surface area (Å²) in [6, 6.07) is 48.7. The molecule has 0 aliphatic heterocycles. The predicted molar refractivity (Wildman–Crippen MR) is 434 cm³/mol. The van der Waals surface area contributed by atoms with Crippen molar-refractivity contribution in [1.82, 2.24) is 29.9 Å². The molecule has 8 heterocycles.